The molecule has 0 fully saturated rings. The zero-order chi connectivity index (χ0) is 11.5. The van der Waals surface area contributed by atoms with Crippen LogP contribution in [0.1, 0.15) is 24.2 Å². The fourth-order valence-electron chi connectivity index (χ4n) is 1.72. The molecule has 1 atom stereocenters. The molecule has 4 heteroatoms. The Morgan fingerprint density at radius 3 is 2.81 bits per heavy atom. The highest BCUT2D eigenvalue weighted by atomic mass is 15.3. The number of rotatable bonds is 4. The van der Waals surface area contributed by atoms with Crippen LogP contribution < -0.4 is 5.32 Å². The van der Waals surface area contributed by atoms with Crippen LogP contribution in [0.15, 0.2) is 30.7 Å². The molecule has 1 N–H and O–H groups in total. The highest BCUT2D eigenvalue weighted by molar-refractivity contribution is 5.15. The van der Waals surface area contributed by atoms with Gasteiger partial charge in [-0.2, -0.15) is 5.10 Å². The fraction of sp³-hybridized carbons (Fsp3) is 0.417. The minimum absolute atomic E-state index is 0.394. The molecule has 0 radical (unpaired) electrons. The maximum Gasteiger partial charge on any atom is 0.0821 e. The molecule has 0 amide bonds. The maximum absolute atomic E-state index is 4.36. The van der Waals surface area contributed by atoms with Crippen molar-refractivity contribution in [3.8, 4) is 0 Å². The van der Waals surface area contributed by atoms with Gasteiger partial charge in [-0.25, -0.2) is 0 Å². The molecule has 86 valence electrons. The lowest BCUT2D eigenvalue weighted by Gasteiger charge is -2.06. The minimum atomic E-state index is 0.394. The molecule has 0 aliphatic heterocycles. The first kappa shape index (κ1) is 11.0. The summed E-state index contributed by atoms with van der Waals surface area (Å²) in [6.45, 7) is 2.98. The molecule has 2 rings (SSSR count). The number of nitrogens with zero attached hydrogens (tertiary/aromatic N) is 3. The Labute approximate surface area is 95.9 Å². The van der Waals surface area contributed by atoms with Crippen LogP contribution in [0.3, 0.4) is 0 Å². The molecule has 0 aromatic carbocycles. The van der Waals surface area contributed by atoms with Crippen molar-refractivity contribution in [3.63, 3.8) is 0 Å². The molecule has 0 aliphatic rings. The molecule has 1 unspecified atom stereocenters. The summed E-state index contributed by atoms with van der Waals surface area (Å²) in [6, 6.07) is 4.58. The first-order chi connectivity index (χ1) is 7.69. The van der Waals surface area contributed by atoms with Gasteiger partial charge in [0, 0.05) is 31.7 Å². The molecule has 16 heavy (non-hydrogen) atoms. The summed E-state index contributed by atoms with van der Waals surface area (Å²) in [5, 5.41) is 7.59. The molecular weight excluding hydrogens is 200 g/mol. The van der Waals surface area contributed by atoms with Crippen LogP contribution in [0, 0.1) is 0 Å². The van der Waals surface area contributed by atoms with Crippen molar-refractivity contribution >= 4 is 0 Å². The van der Waals surface area contributed by atoms with E-state index in [9.17, 15) is 0 Å². The number of hydrogen-bond acceptors (Lipinski definition) is 2. The number of nitrogens with one attached hydrogen (secondary N) is 1. The molecule has 0 saturated heterocycles. The number of aromatic nitrogens is 3. The zero-order valence-electron chi connectivity index (χ0n) is 10.0. The van der Waals surface area contributed by atoms with Gasteiger partial charge in [0.05, 0.1) is 12.2 Å². The predicted octanol–water partition coefficient (Wildman–Crippen LogP) is 1.55. The van der Waals surface area contributed by atoms with Gasteiger partial charge in [0.2, 0.25) is 0 Å². The molecule has 0 spiro atoms. The van der Waals surface area contributed by atoms with Gasteiger partial charge in [0.1, 0.15) is 0 Å². The third-order valence-electron chi connectivity index (χ3n) is 2.82. The van der Waals surface area contributed by atoms with E-state index < -0.39 is 0 Å². The van der Waals surface area contributed by atoms with Gasteiger partial charge in [-0.15, -0.1) is 0 Å². The maximum atomic E-state index is 4.36. The van der Waals surface area contributed by atoms with Gasteiger partial charge in [-0.1, -0.05) is 0 Å². The molecular formula is C12H18N4. The van der Waals surface area contributed by atoms with Crippen molar-refractivity contribution in [3.05, 3.63) is 42.0 Å². The van der Waals surface area contributed by atoms with Gasteiger partial charge >= 0.3 is 0 Å². The summed E-state index contributed by atoms with van der Waals surface area (Å²) in [7, 11) is 3.91. The summed E-state index contributed by atoms with van der Waals surface area (Å²) in [5.41, 5.74) is 2.39. The van der Waals surface area contributed by atoms with Crippen LogP contribution in [-0.2, 0) is 13.6 Å². The quantitative estimate of drug-likeness (QED) is 0.845. The van der Waals surface area contributed by atoms with E-state index in [1.807, 2.05) is 31.0 Å². The fourth-order valence-corrected chi connectivity index (χ4v) is 1.72. The Balaban J connectivity index is 2.08. The second-order valence-electron chi connectivity index (χ2n) is 4.11. The van der Waals surface area contributed by atoms with Crippen LogP contribution >= 0.6 is 0 Å². The van der Waals surface area contributed by atoms with E-state index >= 15 is 0 Å². The Morgan fingerprint density at radius 2 is 2.19 bits per heavy atom. The average Bonchev–Trinajstić information content (AvgIpc) is 2.87. The second-order valence-corrected chi connectivity index (χ2v) is 4.11. The van der Waals surface area contributed by atoms with Gasteiger partial charge in [0.25, 0.3) is 0 Å². The summed E-state index contributed by atoms with van der Waals surface area (Å²) in [6.07, 6.45) is 6.23. The lowest BCUT2D eigenvalue weighted by molar-refractivity contribution is 0.647. The van der Waals surface area contributed by atoms with Crippen molar-refractivity contribution < 1.29 is 0 Å². The highest BCUT2D eigenvalue weighted by Crippen LogP contribution is 2.12. The Kier molecular flexibility index (Phi) is 3.10. The summed E-state index contributed by atoms with van der Waals surface area (Å²) >= 11 is 0. The van der Waals surface area contributed by atoms with Crippen LogP contribution in [-0.4, -0.2) is 21.4 Å². The zero-order valence-corrected chi connectivity index (χ0v) is 10.0. The Morgan fingerprint density at radius 1 is 1.38 bits per heavy atom. The van der Waals surface area contributed by atoms with Crippen molar-refractivity contribution in [2.45, 2.75) is 19.5 Å². The Hall–Kier alpha value is -1.55. The third kappa shape index (κ3) is 2.33. The lowest BCUT2D eigenvalue weighted by atomic mass is 10.2. The third-order valence-corrected chi connectivity index (χ3v) is 2.82. The molecule has 0 saturated carbocycles. The number of hydrogen-bond donors (Lipinski definition) is 1. The van der Waals surface area contributed by atoms with Crippen LogP contribution in [0.5, 0.6) is 0 Å². The molecule has 0 bridgehead atoms. The van der Waals surface area contributed by atoms with Gasteiger partial charge in [-0.05, 0) is 31.7 Å². The van der Waals surface area contributed by atoms with Gasteiger partial charge in [-0.3, -0.25) is 4.68 Å². The van der Waals surface area contributed by atoms with E-state index in [2.05, 4.69) is 40.4 Å². The van der Waals surface area contributed by atoms with E-state index in [0.717, 1.165) is 12.2 Å². The van der Waals surface area contributed by atoms with E-state index in [-0.39, 0.29) is 0 Å². The molecule has 2 aromatic rings. The summed E-state index contributed by atoms with van der Waals surface area (Å²) in [5.74, 6) is 0. The average molecular weight is 218 g/mol. The molecule has 4 nitrogen and oxygen atoms in total. The smallest absolute Gasteiger partial charge is 0.0821 e. The largest absolute Gasteiger partial charge is 0.348 e. The standard InChI is InChI=1S/C12H18N4/c1-10(13-2)11-4-7-16(8-11)9-12-5-6-15(3)14-12/h4-8,10,13H,9H2,1-3H3. The highest BCUT2D eigenvalue weighted by Gasteiger charge is 2.05. The molecule has 2 heterocycles. The van der Waals surface area contributed by atoms with Crippen molar-refractivity contribution in [2.75, 3.05) is 7.05 Å². The summed E-state index contributed by atoms with van der Waals surface area (Å²) < 4.78 is 3.99. The topological polar surface area (TPSA) is 34.8 Å². The summed E-state index contributed by atoms with van der Waals surface area (Å²) in [4.78, 5) is 0. The monoisotopic (exact) mass is 218 g/mol. The van der Waals surface area contributed by atoms with Crippen molar-refractivity contribution in [1.29, 1.82) is 0 Å². The first-order valence-corrected chi connectivity index (χ1v) is 5.50. The SMILES string of the molecule is CNC(C)c1ccn(Cc2ccn(C)n2)c1. The van der Waals surface area contributed by atoms with E-state index in [1.54, 1.807) is 0 Å². The predicted molar refractivity (Wildman–Crippen MR) is 64.2 cm³/mol. The van der Waals surface area contributed by atoms with Crippen LogP contribution in [0.25, 0.3) is 0 Å². The first-order valence-electron chi connectivity index (χ1n) is 5.50. The van der Waals surface area contributed by atoms with E-state index in [4.69, 9.17) is 0 Å². The molecule has 2 aromatic heterocycles. The van der Waals surface area contributed by atoms with Crippen molar-refractivity contribution in [1.82, 2.24) is 19.7 Å². The van der Waals surface area contributed by atoms with Gasteiger partial charge < -0.3 is 9.88 Å². The molecule has 0 aliphatic carbocycles. The number of aryl methyl sites for hydroxylation is 1. The van der Waals surface area contributed by atoms with Crippen LogP contribution in [0.4, 0.5) is 0 Å². The minimum Gasteiger partial charge on any atom is -0.348 e. The van der Waals surface area contributed by atoms with E-state index in [1.165, 1.54) is 5.56 Å². The Bertz CT molecular complexity index is 455. The normalized spacial score (nSPS) is 12.9. The lowest BCUT2D eigenvalue weighted by Crippen LogP contribution is -2.11. The van der Waals surface area contributed by atoms with Gasteiger partial charge in [0.15, 0.2) is 0 Å². The van der Waals surface area contributed by atoms with Crippen LogP contribution in [0.2, 0.25) is 0 Å². The van der Waals surface area contributed by atoms with E-state index in [0.29, 0.717) is 6.04 Å². The second kappa shape index (κ2) is 4.53. The van der Waals surface area contributed by atoms with Crippen molar-refractivity contribution in [2.24, 2.45) is 7.05 Å².